The van der Waals surface area contributed by atoms with Crippen LogP contribution in [0.1, 0.15) is 30.5 Å². The van der Waals surface area contributed by atoms with Gasteiger partial charge in [-0.15, -0.1) is 0 Å². The first kappa shape index (κ1) is 20.3. The van der Waals surface area contributed by atoms with Crippen molar-refractivity contribution in [3.05, 3.63) is 54.4 Å². The number of alkyl halides is 3. The first-order valence-electron chi connectivity index (χ1n) is 9.61. The second-order valence-electron chi connectivity index (χ2n) is 7.34. The average Bonchev–Trinajstić information content (AvgIpc) is 3.19. The quantitative estimate of drug-likeness (QED) is 0.701. The van der Waals surface area contributed by atoms with Crippen molar-refractivity contribution in [3.63, 3.8) is 0 Å². The smallest absolute Gasteiger partial charge is 0.385 e. The van der Waals surface area contributed by atoms with Crippen molar-refractivity contribution >= 4 is 5.82 Å². The summed E-state index contributed by atoms with van der Waals surface area (Å²) < 4.78 is 42.2. The number of aromatic nitrogens is 5. The molecule has 7 nitrogen and oxygen atoms in total. The molecule has 0 amide bonds. The standard InChI is InChI=1S/C20H21F3N6O/c1-28-10-8-25-19(28)17(30)13-5-4-9-29(12-13)16-11-15(20(21,22)23)26-18(27-16)14-6-2-3-7-24-14/h2-3,6-8,10-11,13,17,30H,4-5,9,12H2,1H3. The Hall–Kier alpha value is -3.01. The van der Waals surface area contributed by atoms with Gasteiger partial charge in [-0.3, -0.25) is 4.98 Å². The van der Waals surface area contributed by atoms with Crippen molar-refractivity contribution in [2.75, 3.05) is 18.0 Å². The van der Waals surface area contributed by atoms with Gasteiger partial charge in [0.1, 0.15) is 23.4 Å². The molecule has 0 saturated carbocycles. The van der Waals surface area contributed by atoms with Crippen LogP contribution < -0.4 is 4.90 Å². The van der Waals surface area contributed by atoms with E-state index in [-0.39, 0.29) is 23.3 Å². The molecule has 4 heterocycles. The predicted octanol–water partition coefficient (Wildman–Crippen LogP) is 3.24. The monoisotopic (exact) mass is 418 g/mol. The SMILES string of the molecule is Cn1ccnc1C(O)C1CCCN(c2cc(C(F)(F)F)nc(-c3ccccn3)n2)C1. The molecule has 3 aromatic rings. The van der Waals surface area contributed by atoms with Crippen LogP contribution >= 0.6 is 0 Å². The van der Waals surface area contributed by atoms with Crippen molar-refractivity contribution < 1.29 is 18.3 Å². The van der Waals surface area contributed by atoms with E-state index in [2.05, 4.69) is 19.9 Å². The first-order valence-corrected chi connectivity index (χ1v) is 9.61. The Kier molecular flexibility index (Phi) is 5.42. The summed E-state index contributed by atoms with van der Waals surface area (Å²) in [4.78, 5) is 18.1. The number of hydrogen-bond acceptors (Lipinski definition) is 6. The van der Waals surface area contributed by atoms with E-state index in [0.29, 0.717) is 18.9 Å². The van der Waals surface area contributed by atoms with Crippen molar-refractivity contribution in [1.29, 1.82) is 0 Å². The largest absolute Gasteiger partial charge is 0.433 e. The zero-order chi connectivity index (χ0) is 21.3. The molecule has 10 heteroatoms. The number of halogens is 3. The summed E-state index contributed by atoms with van der Waals surface area (Å²) in [7, 11) is 1.80. The van der Waals surface area contributed by atoms with Gasteiger partial charge in [0, 0.05) is 50.7 Å². The summed E-state index contributed by atoms with van der Waals surface area (Å²) in [6.07, 6.45) is 0.885. The highest BCUT2D eigenvalue weighted by molar-refractivity contribution is 5.54. The first-order chi connectivity index (χ1) is 14.3. The number of pyridine rings is 1. The molecule has 0 bridgehead atoms. The maximum Gasteiger partial charge on any atom is 0.433 e. The van der Waals surface area contributed by atoms with Gasteiger partial charge in [-0.2, -0.15) is 13.2 Å². The molecule has 1 fully saturated rings. The van der Waals surface area contributed by atoms with Crippen LogP contribution in [-0.4, -0.2) is 42.7 Å². The molecular formula is C20H21F3N6O. The van der Waals surface area contributed by atoms with E-state index in [1.54, 1.807) is 47.1 Å². The number of aliphatic hydroxyl groups excluding tert-OH is 1. The van der Waals surface area contributed by atoms with Crippen LogP contribution in [0.15, 0.2) is 42.9 Å². The minimum absolute atomic E-state index is 0.0767. The second kappa shape index (κ2) is 8.02. The number of aryl methyl sites for hydroxylation is 1. The molecule has 0 radical (unpaired) electrons. The fourth-order valence-electron chi connectivity index (χ4n) is 3.70. The molecular weight excluding hydrogens is 397 g/mol. The molecule has 3 aromatic heterocycles. The highest BCUT2D eigenvalue weighted by Crippen LogP contribution is 2.34. The van der Waals surface area contributed by atoms with Crippen LogP contribution in [0.5, 0.6) is 0 Å². The van der Waals surface area contributed by atoms with Gasteiger partial charge < -0.3 is 14.6 Å². The van der Waals surface area contributed by atoms with E-state index >= 15 is 0 Å². The van der Waals surface area contributed by atoms with Gasteiger partial charge in [0.25, 0.3) is 0 Å². The van der Waals surface area contributed by atoms with Crippen molar-refractivity contribution in [2.24, 2.45) is 13.0 Å². The summed E-state index contributed by atoms with van der Waals surface area (Å²) >= 11 is 0. The van der Waals surface area contributed by atoms with Crippen molar-refractivity contribution in [2.45, 2.75) is 25.1 Å². The third-order valence-electron chi connectivity index (χ3n) is 5.25. The Labute approximate surface area is 171 Å². The molecule has 0 spiro atoms. The van der Waals surface area contributed by atoms with E-state index in [1.165, 1.54) is 6.20 Å². The molecule has 0 aliphatic carbocycles. The summed E-state index contributed by atoms with van der Waals surface area (Å²) in [5.41, 5.74) is -0.744. The minimum atomic E-state index is -4.61. The number of imidazole rings is 1. The molecule has 1 aliphatic heterocycles. The predicted molar refractivity (Wildman–Crippen MR) is 103 cm³/mol. The number of piperidine rings is 1. The zero-order valence-electron chi connectivity index (χ0n) is 16.3. The molecule has 1 N–H and O–H groups in total. The molecule has 1 saturated heterocycles. The van der Waals surface area contributed by atoms with Crippen LogP contribution in [0.4, 0.5) is 19.0 Å². The summed E-state index contributed by atoms with van der Waals surface area (Å²) in [5.74, 6) is 0.457. The highest BCUT2D eigenvalue weighted by atomic mass is 19.4. The van der Waals surface area contributed by atoms with E-state index < -0.39 is 18.0 Å². The van der Waals surface area contributed by atoms with Crippen LogP contribution in [0.25, 0.3) is 11.5 Å². The molecule has 2 unspecified atom stereocenters. The molecule has 30 heavy (non-hydrogen) atoms. The Morgan fingerprint density at radius 1 is 1.17 bits per heavy atom. The molecule has 2 atom stereocenters. The Balaban J connectivity index is 1.66. The fourth-order valence-corrected chi connectivity index (χ4v) is 3.70. The lowest BCUT2D eigenvalue weighted by Gasteiger charge is -2.35. The maximum absolute atomic E-state index is 13.5. The fraction of sp³-hybridized carbons (Fsp3) is 0.400. The average molecular weight is 418 g/mol. The lowest BCUT2D eigenvalue weighted by atomic mass is 9.92. The van der Waals surface area contributed by atoms with Gasteiger partial charge in [-0.25, -0.2) is 15.0 Å². The van der Waals surface area contributed by atoms with Crippen LogP contribution in [0, 0.1) is 5.92 Å². The Morgan fingerprint density at radius 2 is 2.00 bits per heavy atom. The minimum Gasteiger partial charge on any atom is -0.385 e. The summed E-state index contributed by atoms with van der Waals surface area (Å²) in [6, 6.07) is 5.88. The van der Waals surface area contributed by atoms with E-state index in [0.717, 1.165) is 18.9 Å². The number of nitrogens with zero attached hydrogens (tertiary/aromatic N) is 6. The number of rotatable bonds is 4. The molecule has 0 aromatic carbocycles. The normalized spacial score (nSPS) is 18.4. The van der Waals surface area contributed by atoms with E-state index in [9.17, 15) is 18.3 Å². The number of hydrogen-bond donors (Lipinski definition) is 1. The third-order valence-corrected chi connectivity index (χ3v) is 5.25. The van der Waals surface area contributed by atoms with E-state index in [1.807, 2.05) is 0 Å². The summed E-state index contributed by atoms with van der Waals surface area (Å²) in [6.45, 7) is 0.906. The van der Waals surface area contributed by atoms with Crippen LogP contribution in [-0.2, 0) is 13.2 Å². The van der Waals surface area contributed by atoms with Gasteiger partial charge in [0.15, 0.2) is 11.5 Å². The summed E-state index contributed by atoms with van der Waals surface area (Å²) in [5, 5.41) is 10.8. The van der Waals surface area contributed by atoms with Gasteiger partial charge in [-0.05, 0) is 25.0 Å². The maximum atomic E-state index is 13.5. The van der Waals surface area contributed by atoms with Gasteiger partial charge in [0.2, 0.25) is 0 Å². The van der Waals surface area contributed by atoms with Crippen molar-refractivity contribution in [1.82, 2.24) is 24.5 Å². The van der Waals surface area contributed by atoms with Gasteiger partial charge in [0.05, 0.1) is 0 Å². The lowest BCUT2D eigenvalue weighted by molar-refractivity contribution is -0.141. The highest BCUT2D eigenvalue weighted by Gasteiger charge is 2.36. The van der Waals surface area contributed by atoms with Gasteiger partial charge >= 0.3 is 6.18 Å². The lowest BCUT2D eigenvalue weighted by Crippen LogP contribution is -2.39. The zero-order valence-corrected chi connectivity index (χ0v) is 16.3. The Bertz CT molecular complexity index is 1010. The molecule has 158 valence electrons. The Morgan fingerprint density at radius 3 is 2.67 bits per heavy atom. The van der Waals surface area contributed by atoms with Crippen LogP contribution in [0.3, 0.4) is 0 Å². The number of aliphatic hydroxyl groups is 1. The third kappa shape index (κ3) is 4.13. The van der Waals surface area contributed by atoms with Crippen molar-refractivity contribution in [3.8, 4) is 11.5 Å². The second-order valence-corrected chi connectivity index (χ2v) is 7.34. The molecule has 1 aliphatic rings. The molecule has 4 rings (SSSR count). The van der Waals surface area contributed by atoms with Crippen LogP contribution in [0.2, 0.25) is 0 Å². The van der Waals surface area contributed by atoms with Gasteiger partial charge in [-0.1, -0.05) is 6.07 Å². The van der Waals surface area contributed by atoms with E-state index in [4.69, 9.17) is 0 Å². The number of anilines is 1. The topological polar surface area (TPSA) is 80.0 Å².